The number of likely N-dealkylation sites (tertiary alicyclic amines) is 1. The van der Waals surface area contributed by atoms with Gasteiger partial charge in [-0.3, -0.25) is 4.79 Å². The highest BCUT2D eigenvalue weighted by Crippen LogP contribution is 2.29. The molecular weight excluding hydrogens is 288 g/mol. The molecule has 0 spiro atoms. The number of ether oxygens (including phenoxy) is 1. The Balaban J connectivity index is 1.60. The summed E-state index contributed by atoms with van der Waals surface area (Å²) in [6, 6.07) is 8.60. The summed E-state index contributed by atoms with van der Waals surface area (Å²) in [5, 5.41) is 0. The van der Waals surface area contributed by atoms with Gasteiger partial charge in [-0.25, -0.2) is 0 Å². The smallest absolute Gasteiger partial charge is 0.257 e. The van der Waals surface area contributed by atoms with Crippen LogP contribution in [-0.2, 0) is 0 Å². The summed E-state index contributed by atoms with van der Waals surface area (Å²) in [5.74, 6) is 0.738. The number of carbonyl (C=O) groups is 1. The molecule has 1 heterocycles. The van der Waals surface area contributed by atoms with Crippen LogP contribution in [-0.4, -0.2) is 55.0 Å². The second kappa shape index (κ2) is 7.35. The van der Waals surface area contributed by atoms with Gasteiger partial charge in [0, 0.05) is 19.1 Å². The Morgan fingerprint density at radius 2 is 1.78 bits per heavy atom. The zero-order valence-corrected chi connectivity index (χ0v) is 14.3. The number of methoxy groups -OCH3 is 1. The zero-order chi connectivity index (χ0) is 16.2. The van der Waals surface area contributed by atoms with Crippen molar-refractivity contribution < 1.29 is 9.53 Å². The summed E-state index contributed by atoms with van der Waals surface area (Å²) in [7, 11) is 3.56. The van der Waals surface area contributed by atoms with Crippen molar-refractivity contribution >= 4 is 5.91 Å². The Morgan fingerprint density at radius 1 is 1.13 bits per heavy atom. The first-order valence-electron chi connectivity index (χ1n) is 8.85. The molecule has 0 N–H and O–H groups in total. The van der Waals surface area contributed by atoms with Crippen LogP contribution in [0.2, 0.25) is 0 Å². The van der Waals surface area contributed by atoms with Crippen molar-refractivity contribution in [2.45, 2.75) is 50.6 Å². The monoisotopic (exact) mass is 316 g/mol. The third-order valence-electron chi connectivity index (χ3n) is 5.53. The molecule has 4 nitrogen and oxygen atoms in total. The van der Waals surface area contributed by atoms with Gasteiger partial charge < -0.3 is 14.5 Å². The van der Waals surface area contributed by atoms with Crippen LogP contribution in [0.3, 0.4) is 0 Å². The van der Waals surface area contributed by atoms with Crippen LogP contribution < -0.4 is 4.74 Å². The molecular formula is C19H28N2O2. The maximum atomic E-state index is 12.8. The molecule has 3 rings (SSSR count). The molecule has 0 unspecified atom stereocenters. The van der Waals surface area contributed by atoms with Gasteiger partial charge >= 0.3 is 0 Å². The molecule has 1 saturated carbocycles. The molecule has 0 bridgehead atoms. The summed E-state index contributed by atoms with van der Waals surface area (Å²) in [6.45, 7) is 2.54. The number of hydrogen-bond donors (Lipinski definition) is 0. The SMILES string of the molecule is COc1ccccc1C(=O)N(C)C1CCC(N2CCCC2)CC1. The van der Waals surface area contributed by atoms with Crippen LogP contribution in [0, 0.1) is 0 Å². The number of para-hydroxylation sites is 1. The Morgan fingerprint density at radius 3 is 2.43 bits per heavy atom. The van der Waals surface area contributed by atoms with E-state index in [4.69, 9.17) is 4.74 Å². The first-order valence-corrected chi connectivity index (χ1v) is 8.85. The normalized spacial score (nSPS) is 25.3. The van der Waals surface area contributed by atoms with E-state index < -0.39 is 0 Å². The maximum Gasteiger partial charge on any atom is 0.257 e. The van der Waals surface area contributed by atoms with Gasteiger partial charge in [-0.2, -0.15) is 0 Å². The summed E-state index contributed by atoms with van der Waals surface area (Å²) < 4.78 is 5.33. The highest BCUT2D eigenvalue weighted by atomic mass is 16.5. The Kier molecular flexibility index (Phi) is 5.21. The Labute approximate surface area is 139 Å². The summed E-state index contributed by atoms with van der Waals surface area (Å²) in [5.41, 5.74) is 0.666. The number of benzene rings is 1. The average Bonchev–Trinajstić information content (AvgIpc) is 3.15. The standard InChI is InChI=1S/C19H28N2O2/c1-20(19(22)17-7-3-4-8-18(17)23-2)15-9-11-16(12-10-15)21-13-5-6-14-21/h3-4,7-8,15-16H,5-6,9-14H2,1-2H3. The second-order valence-electron chi connectivity index (χ2n) is 6.82. The van der Waals surface area contributed by atoms with Crippen LogP contribution in [0.1, 0.15) is 48.9 Å². The van der Waals surface area contributed by atoms with Gasteiger partial charge in [-0.05, 0) is 63.7 Å². The van der Waals surface area contributed by atoms with Crippen molar-refractivity contribution in [3.63, 3.8) is 0 Å². The number of rotatable bonds is 4. The van der Waals surface area contributed by atoms with Crippen LogP contribution >= 0.6 is 0 Å². The first kappa shape index (κ1) is 16.3. The van der Waals surface area contributed by atoms with Crippen LogP contribution in [0.4, 0.5) is 0 Å². The van der Waals surface area contributed by atoms with E-state index in [9.17, 15) is 4.79 Å². The van der Waals surface area contributed by atoms with E-state index in [1.165, 1.54) is 38.8 Å². The van der Waals surface area contributed by atoms with E-state index in [0.717, 1.165) is 18.9 Å². The molecule has 1 aliphatic carbocycles. The van der Waals surface area contributed by atoms with Crippen molar-refractivity contribution in [3.05, 3.63) is 29.8 Å². The van der Waals surface area contributed by atoms with E-state index in [2.05, 4.69) is 4.90 Å². The van der Waals surface area contributed by atoms with E-state index in [1.807, 2.05) is 36.2 Å². The van der Waals surface area contributed by atoms with Gasteiger partial charge in [0.2, 0.25) is 0 Å². The molecule has 1 aromatic carbocycles. The molecule has 126 valence electrons. The Hall–Kier alpha value is -1.55. The van der Waals surface area contributed by atoms with Crippen LogP contribution in [0.5, 0.6) is 5.75 Å². The summed E-state index contributed by atoms with van der Waals surface area (Å²) in [4.78, 5) is 17.4. The molecule has 1 amide bonds. The molecule has 2 aliphatic rings. The quantitative estimate of drug-likeness (QED) is 0.855. The number of carbonyl (C=O) groups excluding carboxylic acids is 1. The van der Waals surface area contributed by atoms with Gasteiger partial charge in [0.25, 0.3) is 5.91 Å². The third-order valence-corrected chi connectivity index (χ3v) is 5.53. The lowest BCUT2D eigenvalue weighted by atomic mass is 9.89. The van der Waals surface area contributed by atoms with Crippen LogP contribution in [0.25, 0.3) is 0 Å². The predicted molar refractivity (Wildman–Crippen MR) is 91.9 cm³/mol. The maximum absolute atomic E-state index is 12.8. The van der Waals surface area contributed by atoms with Crippen molar-refractivity contribution in [1.29, 1.82) is 0 Å². The summed E-state index contributed by atoms with van der Waals surface area (Å²) in [6.07, 6.45) is 7.36. The van der Waals surface area contributed by atoms with Crippen molar-refractivity contribution in [3.8, 4) is 5.75 Å². The van der Waals surface area contributed by atoms with Crippen molar-refractivity contribution in [2.24, 2.45) is 0 Å². The zero-order valence-electron chi connectivity index (χ0n) is 14.3. The topological polar surface area (TPSA) is 32.8 Å². The van der Waals surface area contributed by atoms with Crippen LogP contribution in [0.15, 0.2) is 24.3 Å². The van der Waals surface area contributed by atoms with Crippen molar-refractivity contribution in [2.75, 3.05) is 27.2 Å². The lowest BCUT2D eigenvalue weighted by Gasteiger charge is -2.38. The summed E-state index contributed by atoms with van der Waals surface area (Å²) >= 11 is 0. The fourth-order valence-corrected chi connectivity index (χ4v) is 4.09. The van der Waals surface area contributed by atoms with E-state index >= 15 is 0 Å². The highest BCUT2D eigenvalue weighted by Gasteiger charge is 2.31. The van der Waals surface area contributed by atoms with Gasteiger partial charge in [-0.15, -0.1) is 0 Å². The molecule has 1 aliphatic heterocycles. The number of amides is 1. The lowest BCUT2D eigenvalue weighted by molar-refractivity contribution is 0.0643. The van der Waals surface area contributed by atoms with E-state index in [-0.39, 0.29) is 5.91 Å². The second-order valence-corrected chi connectivity index (χ2v) is 6.82. The fraction of sp³-hybridized carbons (Fsp3) is 0.632. The van der Waals surface area contributed by atoms with Gasteiger partial charge in [0.05, 0.1) is 12.7 Å². The lowest BCUT2D eigenvalue weighted by Crippen LogP contribution is -2.44. The molecule has 23 heavy (non-hydrogen) atoms. The largest absolute Gasteiger partial charge is 0.496 e. The number of hydrogen-bond acceptors (Lipinski definition) is 3. The molecule has 1 aromatic rings. The van der Waals surface area contributed by atoms with Crippen molar-refractivity contribution in [1.82, 2.24) is 9.80 Å². The molecule has 2 fully saturated rings. The minimum Gasteiger partial charge on any atom is -0.496 e. The average molecular weight is 316 g/mol. The predicted octanol–water partition coefficient (Wildman–Crippen LogP) is 3.17. The minimum absolute atomic E-state index is 0.0760. The van der Waals surface area contributed by atoms with Gasteiger partial charge in [0.1, 0.15) is 5.75 Å². The van der Waals surface area contributed by atoms with Gasteiger partial charge in [-0.1, -0.05) is 12.1 Å². The molecule has 4 heteroatoms. The molecule has 0 atom stereocenters. The molecule has 0 aromatic heterocycles. The number of nitrogens with zero attached hydrogens (tertiary/aromatic N) is 2. The first-order chi connectivity index (χ1) is 11.2. The van der Waals surface area contributed by atoms with Gasteiger partial charge in [0.15, 0.2) is 0 Å². The van der Waals surface area contributed by atoms with E-state index in [0.29, 0.717) is 17.4 Å². The molecule has 1 saturated heterocycles. The minimum atomic E-state index is 0.0760. The highest BCUT2D eigenvalue weighted by molar-refractivity contribution is 5.97. The van der Waals surface area contributed by atoms with E-state index in [1.54, 1.807) is 7.11 Å². The third kappa shape index (κ3) is 3.52. The fourth-order valence-electron chi connectivity index (χ4n) is 4.09. The Bertz CT molecular complexity index is 532. The molecule has 0 radical (unpaired) electrons.